The van der Waals surface area contributed by atoms with Gasteiger partial charge in [-0.1, -0.05) is 51.1 Å². The van der Waals surface area contributed by atoms with Crippen LogP contribution in [-0.4, -0.2) is 47.0 Å². The lowest BCUT2D eigenvalue weighted by Gasteiger charge is -2.36. The van der Waals surface area contributed by atoms with E-state index in [0.29, 0.717) is 17.1 Å². The third kappa shape index (κ3) is 5.85. The van der Waals surface area contributed by atoms with Gasteiger partial charge in [0.1, 0.15) is 11.8 Å². The highest BCUT2D eigenvalue weighted by molar-refractivity contribution is 8.00. The summed E-state index contributed by atoms with van der Waals surface area (Å²) < 4.78 is 5.21. The number of benzene rings is 2. The lowest BCUT2D eigenvalue weighted by molar-refractivity contribution is -0.125. The van der Waals surface area contributed by atoms with Crippen molar-refractivity contribution in [2.75, 3.05) is 12.9 Å². The first-order valence-corrected chi connectivity index (χ1v) is 12.2. The van der Waals surface area contributed by atoms with Gasteiger partial charge in [-0.05, 0) is 55.0 Å². The average molecular weight is 455 g/mol. The minimum atomic E-state index is -0.488. The van der Waals surface area contributed by atoms with Gasteiger partial charge in [-0.15, -0.1) is 11.8 Å². The number of amides is 2. The number of carbonyl (C=O) groups excluding carboxylic acids is 2. The molecule has 0 radical (unpaired) electrons. The highest BCUT2D eigenvalue weighted by atomic mass is 32.2. The summed E-state index contributed by atoms with van der Waals surface area (Å²) in [5, 5.41) is 3.08. The molecule has 1 aliphatic heterocycles. The summed E-state index contributed by atoms with van der Waals surface area (Å²) in [6.45, 7) is 8.37. The first kappa shape index (κ1) is 24.2. The first-order valence-electron chi connectivity index (χ1n) is 11.1. The predicted molar refractivity (Wildman–Crippen MR) is 131 cm³/mol. The minimum absolute atomic E-state index is 0.0272. The fraction of sp³-hybridized carbons (Fsp3) is 0.462. The van der Waals surface area contributed by atoms with Crippen LogP contribution in [0.1, 0.15) is 50.0 Å². The van der Waals surface area contributed by atoms with E-state index >= 15 is 0 Å². The maximum atomic E-state index is 13.5. The van der Waals surface area contributed by atoms with E-state index in [9.17, 15) is 9.59 Å². The zero-order chi connectivity index (χ0) is 23.3. The first-order chi connectivity index (χ1) is 15.2. The molecular weight excluding hydrogens is 420 g/mol. The van der Waals surface area contributed by atoms with Crippen LogP contribution in [0.2, 0.25) is 0 Å². The van der Waals surface area contributed by atoms with Crippen molar-refractivity contribution in [3.05, 3.63) is 65.7 Å². The number of hydrogen-bond acceptors (Lipinski definition) is 4. The Kier molecular flexibility index (Phi) is 7.88. The molecule has 2 amide bonds. The molecule has 0 aromatic heterocycles. The second kappa shape index (κ2) is 10.4. The van der Waals surface area contributed by atoms with Crippen LogP contribution in [-0.2, 0) is 11.2 Å². The Morgan fingerprint density at radius 1 is 1.12 bits per heavy atom. The molecule has 172 valence electrons. The molecule has 3 rings (SSSR count). The highest BCUT2D eigenvalue weighted by Gasteiger charge is 2.46. The molecule has 3 atom stereocenters. The second-order valence-electron chi connectivity index (χ2n) is 9.44. The lowest BCUT2D eigenvalue weighted by atomic mass is 9.94. The van der Waals surface area contributed by atoms with Crippen LogP contribution in [0, 0.1) is 5.41 Å². The van der Waals surface area contributed by atoms with Gasteiger partial charge in [-0.25, -0.2) is 0 Å². The Hall–Kier alpha value is -2.47. The van der Waals surface area contributed by atoms with E-state index in [2.05, 4.69) is 38.2 Å². The molecule has 0 aliphatic carbocycles. The Balaban J connectivity index is 1.72. The van der Waals surface area contributed by atoms with E-state index in [1.807, 2.05) is 25.1 Å². The lowest BCUT2D eigenvalue weighted by Crippen LogP contribution is -2.53. The highest BCUT2D eigenvalue weighted by Crippen LogP contribution is 2.41. The van der Waals surface area contributed by atoms with Gasteiger partial charge in [0.15, 0.2) is 0 Å². The largest absolute Gasteiger partial charge is 0.497 e. The smallest absolute Gasteiger partial charge is 0.255 e. The maximum absolute atomic E-state index is 13.5. The van der Waals surface area contributed by atoms with Crippen molar-refractivity contribution in [3.63, 3.8) is 0 Å². The number of nitrogens with zero attached hydrogens (tertiary/aromatic N) is 1. The van der Waals surface area contributed by atoms with E-state index in [0.717, 1.165) is 12.8 Å². The van der Waals surface area contributed by atoms with Gasteiger partial charge in [0.05, 0.1) is 12.5 Å². The van der Waals surface area contributed by atoms with Crippen molar-refractivity contribution in [1.82, 2.24) is 10.2 Å². The summed E-state index contributed by atoms with van der Waals surface area (Å²) in [7, 11) is 1.60. The van der Waals surface area contributed by atoms with Crippen molar-refractivity contribution in [2.24, 2.45) is 5.41 Å². The normalized spacial score (nSPS) is 19.5. The van der Waals surface area contributed by atoms with Crippen LogP contribution in [0.4, 0.5) is 0 Å². The van der Waals surface area contributed by atoms with Gasteiger partial charge in [0.2, 0.25) is 5.91 Å². The Bertz CT molecular complexity index is 909. The van der Waals surface area contributed by atoms with Crippen molar-refractivity contribution >= 4 is 23.6 Å². The van der Waals surface area contributed by atoms with E-state index in [-0.39, 0.29) is 28.6 Å². The minimum Gasteiger partial charge on any atom is -0.497 e. The summed E-state index contributed by atoms with van der Waals surface area (Å²) in [4.78, 5) is 28.5. The zero-order valence-corrected chi connectivity index (χ0v) is 20.4. The van der Waals surface area contributed by atoms with Crippen LogP contribution in [0.3, 0.4) is 0 Å². The molecular formula is C26H34N2O3S. The van der Waals surface area contributed by atoms with Crippen molar-refractivity contribution in [2.45, 2.75) is 58.0 Å². The fourth-order valence-electron chi connectivity index (χ4n) is 3.95. The number of carbonyl (C=O) groups is 2. The molecule has 1 saturated heterocycles. The Morgan fingerprint density at radius 2 is 1.78 bits per heavy atom. The molecule has 0 bridgehead atoms. The SMILES string of the molecule is COc1ccc(C(=O)N2C(C(=O)NC(C)CCc3ccccc3)CSC2C(C)(C)C)cc1. The molecule has 5 nitrogen and oxygen atoms in total. The van der Waals surface area contributed by atoms with Crippen LogP contribution >= 0.6 is 11.8 Å². The second-order valence-corrected chi connectivity index (χ2v) is 10.6. The van der Waals surface area contributed by atoms with Gasteiger partial charge >= 0.3 is 0 Å². The van der Waals surface area contributed by atoms with E-state index in [1.165, 1.54) is 5.56 Å². The van der Waals surface area contributed by atoms with Crippen LogP contribution in [0.5, 0.6) is 5.75 Å². The van der Waals surface area contributed by atoms with Gasteiger partial charge in [-0.2, -0.15) is 0 Å². The predicted octanol–water partition coefficient (Wildman–Crippen LogP) is 4.76. The average Bonchev–Trinajstić information content (AvgIpc) is 3.24. The molecule has 2 aromatic carbocycles. The van der Waals surface area contributed by atoms with E-state index in [1.54, 1.807) is 48.0 Å². The summed E-state index contributed by atoms with van der Waals surface area (Å²) >= 11 is 1.68. The summed E-state index contributed by atoms with van der Waals surface area (Å²) in [6, 6.07) is 16.9. The molecule has 0 saturated carbocycles. The van der Waals surface area contributed by atoms with E-state index in [4.69, 9.17) is 4.74 Å². The van der Waals surface area contributed by atoms with Crippen molar-refractivity contribution < 1.29 is 14.3 Å². The van der Waals surface area contributed by atoms with Crippen molar-refractivity contribution in [3.8, 4) is 5.75 Å². The zero-order valence-electron chi connectivity index (χ0n) is 19.6. The van der Waals surface area contributed by atoms with Gasteiger partial charge in [0, 0.05) is 17.4 Å². The van der Waals surface area contributed by atoms with Gasteiger partial charge < -0.3 is 15.0 Å². The molecule has 1 N–H and O–H groups in total. The molecule has 32 heavy (non-hydrogen) atoms. The molecule has 2 aromatic rings. The quantitative estimate of drug-likeness (QED) is 0.655. The maximum Gasteiger partial charge on any atom is 0.255 e. The molecule has 3 unspecified atom stereocenters. The van der Waals surface area contributed by atoms with Crippen LogP contribution in [0.15, 0.2) is 54.6 Å². The molecule has 1 aliphatic rings. The molecule has 0 spiro atoms. The fourth-order valence-corrected chi connectivity index (χ4v) is 5.53. The number of aryl methyl sites for hydroxylation is 1. The van der Waals surface area contributed by atoms with Gasteiger partial charge in [0.25, 0.3) is 5.91 Å². The number of rotatable bonds is 7. The summed E-state index contributed by atoms with van der Waals surface area (Å²) in [6.07, 6.45) is 1.76. The summed E-state index contributed by atoms with van der Waals surface area (Å²) in [5.41, 5.74) is 1.67. The molecule has 6 heteroatoms. The number of thioether (sulfide) groups is 1. The van der Waals surface area contributed by atoms with Crippen LogP contribution < -0.4 is 10.1 Å². The number of hydrogen-bond donors (Lipinski definition) is 1. The number of ether oxygens (including phenoxy) is 1. The standard InChI is InChI=1S/C26H34N2O3S/c1-18(11-12-19-9-7-6-8-10-19)27-23(29)22-17-32-25(26(2,3)4)28(22)24(30)20-13-15-21(31-5)16-14-20/h6-10,13-16,18,22,25H,11-12,17H2,1-5H3,(H,27,29). The Labute approximate surface area is 195 Å². The topological polar surface area (TPSA) is 58.6 Å². The van der Waals surface area contributed by atoms with Gasteiger partial charge in [-0.3, -0.25) is 9.59 Å². The number of methoxy groups -OCH3 is 1. The number of nitrogens with one attached hydrogen (secondary N) is 1. The van der Waals surface area contributed by atoms with Crippen LogP contribution in [0.25, 0.3) is 0 Å². The summed E-state index contributed by atoms with van der Waals surface area (Å²) in [5.74, 6) is 1.11. The molecule has 1 fully saturated rings. The third-order valence-corrected chi connectivity index (χ3v) is 7.47. The van der Waals surface area contributed by atoms with E-state index < -0.39 is 6.04 Å². The Morgan fingerprint density at radius 3 is 2.38 bits per heavy atom. The third-order valence-electron chi connectivity index (χ3n) is 5.71. The molecule has 1 heterocycles. The monoisotopic (exact) mass is 454 g/mol. The van der Waals surface area contributed by atoms with Crippen molar-refractivity contribution in [1.29, 1.82) is 0 Å².